The van der Waals surface area contributed by atoms with Gasteiger partial charge in [-0.3, -0.25) is 0 Å². The second-order valence-corrected chi connectivity index (χ2v) is 5.23. The molecule has 2 heterocycles. The Morgan fingerprint density at radius 2 is 2.17 bits per heavy atom. The SMILES string of the molecule is CCc1c(NN)ncnc1Sc1ncccc1Br. The number of hydrogen-bond acceptors (Lipinski definition) is 6. The molecule has 2 rings (SSSR count). The van der Waals surface area contributed by atoms with Crippen LogP contribution in [0.3, 0.4) is 0 Å². The van der Waals surface area contributed by atoms with Gasteiger partial charge in [0, 0.05) is 11.8 Å². The second kappa shape index (κ2) is 6.12. The van der Waals surface area contributed by atoms with E-state index in [2.05, 4.69) is 36.3 Å². The first-order valence-electron chi connectivity index (χ1n) is 5.35. The highest BCUT2D eigenvalue weighted by Crippen LogP contribution is 2.33. The molecule has 0 bridgehead atoms. The highest BCUT2D eigenvalue weighted by atomic mass is 79.9. The Labute approximate surface area is 118 Å². The van der Waals surface area contributed by atoms with Gasteiger partial charge in [-0.2, -0.15) is 0 Å². The van der Waals surface area contributed by atoms with Crippen molar-refractivity contribution in [1.82, 2.24) is 15.0 Å². The third-order valence-corrected chi connectivity index (χ3v) is 4.28. The average Bonchev–Trinajstić information content (AvgIpc) is 2.41. The molecule has 0 saturated carbocycles. The van der Waals surface area contributed by atoms with Gasteiger partial charge in [0.1, 0.15) is 22.2 Å². The largest absolute Gasteiger partial charge is 0.308 e. The molecule has 0 aliphatic rings. The molecule has 2 aromatic rings. The summed E-state index contributed by atoms with van der Waals surface area (Å²) in [4.78, 5) is 12.7. The van der Waals surface area contributed by atoms with Crippen LogP contribution in [0.5, 0.6) is 0 Å². The predicted octanol–water partition coefficient (Wildman–Crippen LogP) is 2.63. The normalized spacial score (nSPS) is 10.4. The van der Waals surface area contributed by atoms with E-state index in [1.54, 1.807) is 6.20 Å². The van der Waals surface area contributed by atoms with Gasteiger partial charge < -0.3 is 5.43 Å². The van der Waals surface area contributed by atoms with Gasteiger partial charge in [0.25, 0.3) is 0 Å². The number of nitrogen functional groups attached to an aromatic ring is 1. The molecule has 18 heavy (non-hydrogen) atoms. The van der Waals surface area contributed by atoms with Gasteiger partial charge in [0.2, 0.25) is 0 Å². The molecule has 0 radical (unpaired) electrons. The van der Waals surface area contributed by atoms with Crippen molar-refractivity contribution < 1.29 is 0 Å². The van der Waals surface area contributed by atoms with Crippen molar-refractivity contribution in [2.45, 2.75) is 23.4 Å². The Hall–Kier alpha value is -1.18. The van der Waals surface area contributed by atoms with Crippen LogP contribution in [0.4, 0.5) is 5.82 Å². The number of hydrogen-bond donors (Lipinski definition) is 2. The van der Waals surface area contributed by atoms with Crippen molar-refractivity contribution in [3.05, 3.63) is 34.7 Å². The Morgan fingerprint density at radius 1 is 1.33 bits per heavy atom. The lowest BCUT2D eigenvalue weighted by Gasteiger charge is -2.10. The molecule has 7 heteroatoms. The average molecular weight is 326 g/mol. The summed E-state index contributed by atoms with van der Waals surface area (Å²) in [6.07, 6.45) is 4.04. The maximum Gasteiger partial charge on any atom is 0.147 e. The number of nitrogens with zero attached hydrogens (tertiary/aromatic N) is 3. The fourth-order valence-corrected chi connectivity index (χ4v) is 2.89. The van der Waals surface area contributed by atoms with E-state index in [1.807, 2.05) is 19.1 Å². The fourth-order valence-electron chi connectivity index (χ4n) is 1.47. The molecule has 0 spiro atoms. The molecule has 0 fully saturated rings. The summed E-state index contributed by atoms with van der Waals surface area (Å²) >= 11 is 4.96. The zero-order valence-electron chi connectivity index (χ0n) is 9.72. The summed E-state index contributed by atoms with van der Waals surface area (Å²) in [6, 6.07) is 3.83. The Kier molecular flexibility index (Phi) is 4.51. The van der Waals surface area contributed by atoms with E-state index in [-0.39, 0.29) is 0 Å². The van der Waals surface area contributed by atoms with Gasteiger partial charge >= 0.3 is 0 Å². The van der Waals surface area contributed by atoms with Crippen LogP contribution in [0.25, 0.3) is 0 Å². The second-order valence-electron chi connectivity index (χ2n) is 3.40. The number of hydrazine groups is 1. The zero-order chi connectivity index (χ0) is 13.0. The third-order valence-electron chi connectivity index (χ3n) is 2.31. The van der Waals surface area contributed by atoms with Gasteiger partial charge in [0.05, 0.1) is 4.47 Å². The molecule has 0 aliphatic carbocycles. The summed E-state index contributed by atoms with van der Waals surface area (Å²) in [5.74, 6) is 6.10. The van der Waals surface area contributed by atoms with Crippen LogP contribution in [0.1, 0.15) is 12.5 Å². The Balaban J connectivity index is 2.37. The van der Waals surface area contributed by atoms with Gasteiger partial charge in [-0.25, -0.2) is 20.8 Å². The van der Waals surface area contributed by atoms with E-state index in [4.69, 9.17) is 5.84 Å². The molecule has 0 aromatic carbocycles. The lowest BCUT2D eigenvalue weighted by atomic mass is 10.2. The molecular weight excluding hydrogens is 314 g/mol. The van der Waals surface area contributed by atoms with E-state index in [9.17, 15) is 0 Å². The molecular formula is C11H12BrN5S. The lowest BCUT2D eigenvalue weighted by molar-refractivity contribution is 0.937. The third kappa shape index (κ3) is 2.80. The minimum absolute atomic E-state index is 0.655. The van der Waals surface area contributed by atoms with E-state index >= 15 is 0 Å². The summed E-state index contributed by atoms with van der Waals surface area (Å²) in [5.41, 5.74) is 3.58. The fraction of sp³-hybridized carbons (Fsp3) is 0.182. The molecule has 0 atom stereocenters. The summed E-state index contributed by atoms with van der Waals surface area (Å²) < 4.78 is 0.943. The number of aromatic nitrogens is 3. The first kappa shape index (κ1) is 13.3. The van der Waals surface area contributed by atoms with Crippen LogP contribution in [0.15, 0.2) is 39.2 Å². The van der Waals surface area contributed by atoms with Gasteiger partial charge in [-0.15, -0.1) is 0 Å². The molecule has 94 valence electrons. The number of pyridine rings is 1. The van der Waals surface area contributed by atoms with Gasteiger partial charge in [-0.05, 0) is 46.2 Å². The summed E-state index contributed by atoms with van der Waals surface area (Å²) in [7, 11) is 0. The highest BCUT2D eigenvalue weighted by molar-refractivity contribution is 9.10. The van der Waals surface area contributed by atoms with Crippen LogP contribution in [0, 0.1) is 0 Å². The number of halogens is 1. The topological polar surface area (TPSA) is 76.7 Å². The summed E-state index contributed by atoms with van der Waals surface area (Å²) in [5, 5.41) is 1.73. The van der Waals surface area contributed by atoms with Crippen LogP contribution in [-0.4, -0.2) is 15.0 Å². The first-order valence-corrected chi connectivity index (χ1v) is 6.96. The van der Waals surface area contributed by atoms with Crippen LogP contribution in [-0.2, 0) is 6.42 Å². The zero-order valence-corrected chi connectivity index (χ0v) is 12.1. The quantitative estimate of drug-likeness (QED) is 0.511. The summed E-state index contributed by atoms with van der Waals surface area (Å²) in [6.45, 7) is 2.04. The number of nitrogens with two attached hydrogens (primary N) is 1. The minimum Gasteiger partial charge on any atom is -0.308 e. The monoisotopic (exact) mass is 325 g/mol. The Bertz CT molecular complexity index is 549. The lowest BCUT2D eigenvalue weighted by Crippen LogP contribution is -2.12. The van der Waals surface area contributed by atoms with Crippen molar-refractivity contribution >= 4 is 33.5 Å². The smallest absolute Gasteiger partial charge is 0.147 e. The van der Waals surface area contributed by atoms with Gasteiger partial charge in [0.15, 0.2) is 0 Å². The minimum atomic E-state index is 0.655. The molecule has 0 amide bonds. The molecule has 0 saturated heterocycles. The number of anilines is 1. The molecule has 0 unspecified atom stereocenters. The number of rotatable bonds is 4. The van der Waals surface area contributed by atoms with Crippen molar-refractivity contribution in [3.8, 4) is 0 Å². The van der Waals surface area contributed by atoms with Crippen LogP contribution >= 0.6 is 27.7 Å². The molecule has 0 aliphatic heterocycles. The van der Waals surface area contributed by atoms with E-state index < -0.39 is 0 Å². The maximum atomic E-state index is 5.44. The number of nitrogens with one attached hydrogen (secondary N) is 1. The maximum absolute atomic E-state index is 5.44. The molecule has 3 N–H and O–H groups in total. The van der Waals surface area contributed by atoms with E-state index in [0.29, 0.717) is 5.82 Å². The Morgan fingerprint density at radius 3 is 2.83 bits per heavy atom. The highest BCUT2D eigenvalue weighted by Gasteiger charge is 2.12. The van der Waals surface area contributed by atoms with Gasteiger partial charge in [-0.1, -0.05) is 6.92 Å². The predicted molar refractivity (Wildman–Crippen MR) is 75.3 cm³/mol. The van der Waals surface area contributed by atoms with Crippen molar-refractivity contribution in [3.63, 3.8) is 0 Å². The van der Waals surface area contributed by atoms with E-state index in [1.165, 1.54) is 18.1 Å². The first-order chi connectivity index (χ1) is 8.76. The molecule has 5 nitrogen and oxygen atoms in total. The standard InChI is InChI=1S/C11H12BrN5S/c1-2-7-9(17-13)15-6-16-10(7)18-11-8(12)4-3-5-14-11/h3-6H,2,13H2,1H3,(H,15,16,17). The van der Waals surface area contributed by atoms with Crippen molar-refractivity contribution in [1.29, 1.82) is 0 Å². The van der Waals surface area contributed by atoms with Crippen molar-refractivity contribution in [2.24, 2.45) is 5.84 Å². The molecule has 2 aromatic heterocycles. The van der Waals surface area contributed by atoms with Crippen LogP contribution < -0.4 is 11.3 Å². The van der Waals surface area contributed by atoms with Crippen molar-refractivity contribution in [2.75, 3.05) is 5.43 Å². The van der Waals surface area contributed by atoms with Crippen LogP contribution in [0.2, 0.25) is 0 Å². The van der Waals surface area contributed by atoms with E-state index in [0.717, 1.165) is 26.5 Å².